The quantitative estimate of drug-likeness (QED) is 0.688. The predicted octanol–water partition coefficient (Wildman–Crippen LogP) is 1.55. The second kappa shape index (κ2) is 8.01. The van der Waals surface area contributed by atoms with Gasteiger partial charge in [-0.3, -0.25) is 4.79 Å². The molecular weight excluding hydrogens is 218 g/mol. The summed E-state index contributed by atoms with van der Waals surface area (Å²) in [6.45, 7) is 5.39. The maximum Gasteiger partial charge on any atom is 0.225 e. The summed E-state index contributed by atoms with van der Waals surface area (Å²) in [5.41, 5.74) is 0. The third-order valence-corrected chi connectivity index (χ3v) is 2.77. The molecule has 0 saturated carbocycles. The highest BCUT2D eigenvalue weighted by atomic mass is 16.5. The summed E-state index contributed by atoms with van der Waals surface area (Å²) in [4.78, 5) is 23.0. The molecule has 0 aliphatic rings. The van der Waals surface area contributed by atoms with Gasteiger partial charge in [-0.15, -0.1) is 0 Å². The monoisotopic (exact) mass is 241 g/mol. The average molecular weight is 241 g/mol. The topological polar surface area (TPSA) is 55.4 Å². The molecule has 4 nitrogen and oxygen atoms in total. The standard InChI is InChI=1S/C13H23NO3/c1-6-7-9(2)12(17-5)11(8-10(3)15)13(16)14-4/h6-7,9,11-12H,8H2,1-5H3,(H,14,16)/b7-6+/t9-,11+,12-/m1/s1. The van der Waals surface area contributed by atoms with Crippen LogP contribution in [0.4, 0.5) is 0 Å². The van der Waals surface area contributed by atoms with E-state index in [4.69, 9.17) is 4.74 Å². The van der Waals surface area contributed by atoms with E-state index in [0.717, 1.165) is 0 Å². The normalized spacial score (nSPS) is 16.5. The van der Waals surface area contributed by atoms with Gasteiger partial charge >= 0.3 is 0 Å². The Hall–Kier alpha value is -1.16. The van der Waals surface area contributed by atoms with Crippen molar-refractivity contribution in [2.24, 2.45) is 11.8 Å². The van der Waals surface area contributed by atoms with Crippen molar-refractivity contribution in [1.82, 2.24) is 5.32 Å². The van der Waals surface area contributed by atoms with Crippen molar-refractivity contribution in [2.45, 2.75) is 33.3 Å². The molecule has 0 bridgehead atoms. The van der Waals surface area contributed by atoms with Crippen LogP contribution in [0.2, 0.25) is 0 Å². The van der Waals surface area contributed by atoms with E-state index < -0.39 is 5.92 Å². The van der Waals surface area contributed by atoms with E-state index in [0.29, 0.717) is 0 Å². The first-order valence-corrected chi connectivity index (χ1v) is 5.84. The molecule has 0 rings (SSSR count). The number of carbonyl (C=O) groups excluding carboxylic acids is 2. The zero-order valence-corrected chi connectivity index (χ0v) is 11.3. The number of ketones is 1. The van der Waals surface area contributed by atoms with Gasteiger partial charge in [0.05, 0.1) is 12.0 Å². The van der Waals surface area contributed by atoms with Gasteiger partial charge < -0.3 is 14.8 Å². The Morgan fingerprint density at radius 1 is 1.41 bits per heavy atom. The van der Waals surface area contributed by atoms with Crippen molar-refractivity contribution in [3.8, 4) is 0 Å². The molecule has 17 heavy (non-hydrogen) atoms. The van der Waals surface area contributed by atoms with E-state index in [2.05, 4.69) is 5.32 Å². The van der Waals surface area contributed by atoms with Crippen molar-refractivity contribution in [3.05, 3.63) is 12.2 Å². The zero-order chi connectivity index (χ0) is 13.4. The van der Waals surface area contributed by atoms with Gasteiger partial charge in [-0.05, 0) is 13.8 Å². The molecule has 0 radical (unpaired) electrons. The number of hydrogen-bond donors (Lipinski definition) is 1. The second-order valence-electron chi connectivity index (χ2n) is 4.21. The lowest BCUT2D eigenvalue weighted by molar-refractivity contribution is -0.134. The minimum atomic E-state index is -0.436. The number of amides is 1. The summed E-state index contributed by atoms with van der Waals surface area (Å²) >= 11 is 0. The predicted molar refractivity (Wildman–Crippen MR) is 67.6 cm³/mol. The molecule has 0 spiro atoms. The molecule has 0 saturated heterocycles. The summed E-state index contributed by atoms with van der Waals surface area (Å²) in [6.07, 6.45) is 3.82. The highest BCUT2D eigenvalue weighted by Crippen LogP contribution is 2.21. The Morgan fingerprint density at radius 2 is 2.00 bits per heavy atom. The number of rotatable bonds is 7. The number of methoxy groups -OCH3 is 1. The van der Waals surface area contributed by atoms with Gasteiger partial charge in [0.15, 0.2) is 0 Å². The van der Waals surface area contributed by atoms with Crippen LogP contribution >= 0.6 is 0 Å². The van der Waals surface area contributed by atoms with Gasteiger partial charge in [-0.1, -0.05) is 19.1 Å². The molecule has 0 aromatic heterocycles. The van der Waals surface area contributed by atoms with Crippen LogP contribution < -0.4 is 5.32 Å². The number of carbonyl (C=O) groups is 2. The average Bonchev–Trinajstić information content (AvgIpc) is 2.27. The van der Waals surface area contributed by atoms with Gasteiger partial charge in [0, 0.05) is 26.5 Å². The largest absolute Gasteiger partial charge is 0.380 e. The van der Waals surface area contributed by atoms with E-state index in [9.17, 15) is 9.59 Å². The third kappa shape index (κ3) is 5.13. The van der Waals surface area contributed by atoms with Gasteiger partial charge in [0.2, 0.25) is 5.91 Å². The fraction of sp³-hybridized carbons (Fsp3) is 0.692. The first kappa shape index (κ1) is 15.8. The number of nitrogens with one attached hydrogen (secondary N) is 1. The van der Waals surface area contributed by atoms with Crippen molar-refractivity contribution in [1.29, 1.82) is 0 Å². The fourth-order valence-electron chi connectivity index (χ4n) is 2.01. The minimum absolute atomic E-state index is 0.00618. The Balaban J connectivity index is 4.95. The molecule has 1 N–H and O–H groups in total. The van der Waals surface area contributed by atoms with Crippen LogP contribution in [-0.4, -0.2) is 32.0 Å². The van der Waals surface area contributed by atoms with Gasteiger partial charge in [-0.25, -0.2) is 0 Å². The van der Waals surface area contributed by atoms with Crippen LogP contribution in [0.3, 0.4) is 0 Å². The molecule has 0 heterocycles. The molecule has 98 valence electrons. The highest BCUT2D eigenvalue weighted by molar-refractivity contribution is 5.86. The molecule has 4 heteroatoms. The van der Waals surface area contributed by atoms with Gasteiger partial charge in [0.25, 0.3) is 0 Å². The lowest BCUT2D eigenvalue weighted by Gasteiger charge is -2.27. The Bertz CT molecular complexity index is 286. The second-order valence-corrected chi connectivity index (χ2v) is 4.21. The Kier molecular flexibility index (Phi) is 7.46. The van der Waals surface area contributed by atoms with E-state index in [1.165, 1.54) is 6.92 Å². The molecule has 0 unspecified atom stereocenters. The van der Waals surface area contributed by atoms with Crippen LogP contribution in [0.5, 0.6) is 0 Å². The van der Waals surface area contributed by atoms with E-state index in [1.807, 2.05) is 26.0 Å². The van der Waals surface area contributed by atoms with Crippen LogP contribution in [0.15, 0.2) is 12.2 Å². The van der Waals surface area contributed by atoms with Crippen molar-refractivity contribution < 1.29 is 14.3 Å². The summed E-state index contributed by atoms with van der Waals surface area (Å²) in [5, 5.41) is 2.59. The van der Waals surface area contributed by atoms with Crippen LogP contribution in [0, 0.1) is 11.8 Å². The zero-order valence-electron chi connectivity index (χ0n) is 11.3. The molecule has 3 atom stereocenters. The molecule has 0 aliphatic heterocycles. The Labute approximate surface area is 103 Å². The highest BCUT2D eigenvalue weighted by Gasteiger charge is 2.31. The SMILES string of the molecule is C/C=C/[C@@H](C)[C@@H](OC)[C@H](CC(C)=O)C(=O)NC. The summed E-state index contributed by atoms with van der Waals surface area (Å²) < 4.78 is 5.39. The maximum atomic E-state index is 11.8. The Morgan fingerprint density at radius 3 is 2.35 bits per heavy atom. The summed E-state index contributed by atoms with van der Waals surface area (Å²) in [6, 6.07) is 0. The first-order valence-electron chi connectivity index (χ1n) is 5.84. The van der Waals surface area contributed by atoms with Gasteiger partial charge in [0.1, 0.15) is 5.78 Å². The van der Waals surface area contributed by atoms with E-state index in [-0.39, 0.29) is 30.1 Å². The van der Waals surface area contributed by atoms with Crippen molar-refractivity contribution >= 4 is 11.7 Å². The van der Waals surface area contributed by atoms with Crippen molar-refractivity contribution in [2.75, 3.05) is 14.2 Å². The van der Waals surface area contributed by atoms with Crippen LogP contribution in [0.25, 0.3) is 0 Å². The number of Topliss-reactive ketones (excluding diaryl/α,β-unsaturated/α-hetero) is 1. The van der Waals surface area contributed by atoms with Crippen LogP contribution in [0.1, 0.15) is 27.2 Å². The maximum absolute atomic E-state index is 11.8. The lowest BCUT2D eigenvalue weighted by atomic mass is 9.87. The molecule has 0 aromatic rings. The fourth-order valence-corrected chi connectivity index (χ4v) is 2.01. The number of hydrogen-bond acceptors (Lipinski definition) is 3. The molecule has 0 fully saturated rings. The first-order chi connectivity index (χ1) is 7.97. The third-order valence-electron chi connectivity index (χ3n) is 2.77. The molecule has 0 aliphatic carbocycles. The molecular formula is C13H23NO3. The minimum Gasteiger partial charge on any atom is -0.380 e. The molecule has 0 aromatic carbocycles. The summed E-state index contributed by atoms with van der Waals surface area (Å²) in [7, 11) is 3.14. The van der Waals surface area contributed by atoms with Crippen LogP contribution in [-0.2, 0) is 14.3 Å². The van der Waals surface area contributed by atoms with Gasteiger partial charge in [-0.2, -0.15) is 0 Å². The van der Waals surface area contributed by atoms with E-state index >= 15 is 0 Å². The van der Waals surface area contributed by atoms with Crippen molar-refractivity contribution in [3.63, 3.8) is 0 Å². The lowest BCUT2D eigenvalue weighted by Crippen LogP contribution is -2.40. The van der Waals surface area contributed by atoms with E-state index in [1.54, 1.807) is 14.2 Å². The number of ether oxygens (including phenoxy) is 1. The molecule has 1 amide bonds. The number of allylic oxidation sites excluding steroid dienone is 1. The summed E-state index contributed by atoms with van der Waals surface area (Å²) in [5.74, 6) is -0.503. The smallest absolute Gasteiger partial charge is 0.225 e.